The first-order valence-corrected chi connectivity index (χ1v) is 5.38. The van der Waals surface area contributed by atoms with Crippen LogP contribution in [0.15, 0.2) is 28.8 Å². The molecule has 0 spiro atoms. The normalized spacial score (nSPS) is 10.3. The number of carbonyl (C=O) groups excluding carboxylic acids is 1. The predicted molar refractivity (Wildman–Crippen MR) is 65.1 cm³/mol. The quantitative estimate of drug-likeness (QED) is 0.863. The maximum absolute atomic E-state index is 11.9. The first-order chi connectivity index (χ1) is 8.08. The molecule has 0 aliphatic carbocycles. The highest BCUT2D eigenvalue weighted by molar-refractivity contribution is 6.02. The molecule has 17 heavy (non-hydrogen) atoms. The maximum Gasteiger partial charge on any atom is 0.293 e. The Morgan fingerprint density at radius 1 is 1.24 bits per heavy atom. The second-order valence-electron chi connectivity index (χ2n) is 3.96. The van der Waals surface area contributed by atoms with E-state index in [1.54, 1.807) is 6.92 Å². The van der Waals surface area contributed by atoms with Gasteiger partial charge in [0.15, 0.2) is 5.89 Å². The van der Waals surface area contributed by atoms with Gasteiger partial charge in [-0.1, -0.05) is 18.2 Å². The summed E-state index contributed by atoms with van der Waals surface area (Å²) in [5.41, 5.74) is 2.87. The summed E-state index contributed by atoms with van der Waals surface area (Å²) >= 11 is 0. The summed E-state index contributed by atoms with van der Waals surface area (Å²) in [6.45, 7) is 5.61. The molecule has 0 saturated carbocycles. The van der Waals surface area contributed by atoms with Gasteiger partial charge in [-0.2, -0.15) is 0 Å². The summed E-state index contributed by atoms with van der Waals surface area (Å²) in [5.74, 6) is 0.435. The van der Waals surface area contributed by atoms with E-state index in [2.05, 4.69) is 10.3 Å². The van der Waals surface area contributed by atoms with E-state index in [4.69, 9.17) is 4.42 Å². The number of anilines is 1. The number of benzene rings is 1. The molecule has 0 saturated heterocycles. The van der Waals surface area contributed by atoms with Crippen LogP contribution in [0.25, 0.3) is 0 Å². The Kier molecular flexibility index (Phi) is 2.95. The fraction of sp³-hybridized carbons (Fsp3) is 0.231. The molecule has 0 aliphatic rings. The minimum atomic E-state index is -0.275. The van der Waals surface area contributed by atoms with Crippen LogP contribution in [0.4, 0.5) is 5.69 Å². The van der Waals surface area contributed by atoms with Crippen LogP contribution in [0.1, 0.15) is 27.6 Å². The molecular formula is C13H14N2O2. The van der Waals surface area contributed by atoms with Crippen molar-refractivity contribution in [3.8, 4) is 0 Å². The third kappa shape index (κ3) is 2.36. The smallest absolute Gasteiger partial charge is 0.293 e. The molecule has 0 bridgehead atoms. The Hall–Kier alpha value is -2.10. The Morgan fingerprint density at radius 2 is 1.88 bits per heavy atom. The van der Waals surface area contributed by atoms with Crippen molar-refractivity contribution in [2.75, 3.05) is 5.32 Å². The second-order valence-corrected chi connectivity index (χ2v) is 3.96. The summed E-state index contributed by atoms with van der Waals surface area (Å²) in [7, 11) is 0. The molecule has 88 valence electrons. The number of aromatic nitrogens is 1. The number of rotatable bonds is 2. The van der Waals surface area contributed by atoms with E-state index in [-0.39, 0.29) is 11.7 Å². The molecule has 0 fully saturated rings. The van der Waals surface area contributed by atoms with Gasteiger partial charge >= 0.3 is 0 Å². The minimum Gasteiger partial charge on any atom is -0.436 e. The molecule has 2 rings (SSSR count). The number of nitrogens with zero attached hydrogens (tertiary/aromatic N) is 1. The molecule has 1 aromatic heterocycles. The zero-order valence-corrected chi connectivity index (χ0v) is 10.1. The van der Waals surface area contributed by atoms with Crippen LogP contribution in [0, 0.1) is 20.8 Å². The first-order valence-electron chi connectivity index (χ1n) is 5.38. The Balaban J connectivity index is 2.24. The molecule has 1 amide bonds. The third-order valence-electron chi connectivity index (χ3n) is 2.56. The second kappa shape index (κ2) is 4.41. The summed E-state index contributed by atoms with van der Waals surface area (Å²) in [6.07, 6.45) is 1.43. The summed E-state index contributed by atoms with van der Waals surface area (Å²) < 4.78 is 5.17. The van der Waals surface area contributed by atoms with E-state index < -0.39 is 0 Å². The van der Waals surface area contributed by atoms with E-state index in [9.17, 15) is 4.79 Å². The molecule has 4 nitrogen and oxygen atoms in total. The van der Waals surface area contributed by atoms with E-state index >= 15 is 0 Å². The van der Waals surface area contributed by atoms with Gasteiger partial charge in [-0.3, -0.25) is 4.79 Å². The van der Waals surface area contributed by atoms with Crippen LogP contribution >= 0.6 is 0 Å². The highest BCUT2D eigenvalue weighted by atomic mass is 16.4. The average Bonchev–Trinajstić information content (AvgIpc) is 2.70. The monoisotopic (exact) mass is 230 g/mol. The molecule has 1 N–H and O–H groups in total. The fourth-order valence-corrected chi connectivity index (χ4v) is 1.65. The number of hydrogen-bond acceptors (Lipinski definition) is 3. The summed E-state index contributed by atoms with van der Waals surface area (Å²) in [4.78, 5) is 15.8. The van der Waals surface area contributed by atoms with Gasteiger partial charge in [0.05, 0.1) is 6.20 Å². The Labute approximate surface area is 99.7 Å². The molecule has 1 aromatic carbocycles. The number of para-hydroxylation sites is 1. The van der Waals surface area contributed by atoms with E-state index in [1.807, 2.05) is 32.0 Å². The number of aryl methyl sites for hydroxylation is 3. The van der Waals surface area contributed by atoms with E-state index in [0.717, 1.165) is 16.8 Å². The topological polar surface area (TPSA) is 55.1 Å². The highest BCUT2D eigenvalue weighted by Crippen LogP contribution is 2.20. The fourth-order valence-electron chi connectivity index (χ4n) is 1.65. The standard InChI is InChI=1S/C13H14N2O2/c1-8-5-4-6-9(2)12(8)15-13(16)11-7-14-10(3)17-11/h4-7H,1-3H3,(H,15,16). The molecule has 0 atom stereocenters. The van der Waals surface area contributed by atoms with Gasteiger partial charge in [-0.25, -0.2) is 4.98 Å². The van der Waals surface area contributed by atoms with Gasteiger partial charge in [0.25, 0.3) is 5.91 Å². The molecule has 1 heterocycles. The van der Waals surface area contributed by atoms with Crippen molar-refractivity contribution in [2.24, 2.45) is 0 Å². The third-order valence-corrected chi connectivity index (χ3v) is 2.56. The molecule has 0 unspecified atom stereocenters. The van der Waals surface area contributed by atoms with Gasteiger partial charge in [0, 0.05) is 12.6 Å². The lowest BCUT2D eigenvalue weighted by molar-refractivity contribution is 0.0995. The highest BCUT2D eigenvalue weighted by Gasteiger charge is 2.13. The Morgan fingerprint density at radius 3 is 2.41 bits per heavy atom. The molecule has 0 aliphatic heterocycles. The summed E-state index contributed by atoms with van der Waals surface area (Å²) in [5, 5.41) is 2.84. The number of amides is 1. The lowest BCUT2D eigenvalue weighted by Crippen LogP contribution is -2.12. The van der Waals surface area contributed by atoms with Crippen molar-refractivity contribution in [2.45, 2.75) is 20.8 Å². The van der Waals surface area contributed by atoms with Crippen LogP contribution in [0.3, 0.4) is 0 Å². The molecule has 0 radical (unpaired) electrons. The van der Waals surface area contributed by atoms with Crippen LogP contribution in [-0.4, -0.2) is 10.9 Å². The maximum atomic E-state index is 11.9. The van der Waals surface area contributed by atoms with Crippen LogP contribution in [-0.2, 0) is 0 Å². The number of hydrogen-bond donors (Lipinski definition) is 1. The van der Waals surface area contributed by atoms with Crippen LogP contribution < -0.4 is 5.32 Å². The largest absolute Gasteiger partial charge is 0.436 e. The minimum absolute atomic E-state index is 0.227. The van der Waals surface area contributed by atoms with E-state index in [0.29, 0.717) is 5.89 Å². The number of carbonyl (C=O) groups is 1. The van der Waals surface area contributed by atoms with Crippen molar-refractivity contribution in [3.63, 3.8) is 0 Å². The van der Waals surface area contributed by atoms with Gasteiger partial charge in [0.2, 0.25) is 5.76 Å². The summed E-state index contributed by atoms with van der Waals surface area (Å²) in [6, 6.07) is 5.86. The average molecular weight is 230 g/mol. The van der Waals surface area contributed by atoms with Gasteiger partial charge in [0.1, 0.15) is 0 Å². The first kappa shape index (κ1) is 11.4. The molecular weight excluding hydrogens is 216 g/mol. The predicted octanol–water partition coefficient (Wildman–Crippen LogP) is 2.85. The lowest BCUT2D eigenvalue weighted by Gasteiger charge is -2.09. The van der Waals surface area contributed by atoms with Crippen LogP contribution in [0.5, 0.6) is 0 Å². The number of nitrogens with one attached hydrogen (secondary N) is 1. The van der Waals surface area contributed by atoms with Crippen molar-refractivity contribution in [1.82, 2.24) is 4.98 Å². The Bertz CT molecular complexity index is 538. The van der Waals surface area contributed by atoms with Crippen molar-refractivity contribution < 1.29 is 9.21 Å². The van der Waals surface area contributed by atoms with Crippen LogP contribution in [0.2, 0.25) is 0 Å². The van der Waals surface area contributed by atoms with Crippen molar-refractivity contribution in [1.29, 1.82) is 0 Å². The van der Waals surface area contributed by atoms with E-state index in [1.165, 1.54) is 6.20 Å². The SMILES string of the molecule is Cc1ncc(C(=O)Nc2c(C)cccc2C)o1. The lowest BCUT2D eigenvalue weighted by atomic mass is 10.1. The zero-order valence-electron chi connectivity index (χ0n) is 10.1. The van der Waals surface area contributed by atoms with Gasteiger partial charge < -0.3 is 9.73 Å². The van der Waals surface area contributed by atoms with Gasteiger partial charge in [-0.05, 0) is 25.0 Å². The van der Waals surface area contributed by atoms with Gasteiger partial charge in [-0.15, -0.1) is 0 Å². The molecule has 2 aromatic rings. The molecule has 4 heteroatoms. The zero-order chi connectivity index (χ0) is 12.4. The van der Waals surface area contributed by atoms with Crippen molar-refractivity contribution >= 4 is 11.6 Å². The van der Waals surface area contributed by atoms with Crippen molar-refractivity contribution in [3.05, 3.63) is 47.2 Å². The number of oxazole rings is 1.